The van der Waals surface area contributed by atoms with Crippen LogP contribution in [0.15, 0.2) is 74.2 Å². The highest BCUT2D eigenvalue weighted by atomic mass is 79.9. The van der Waals surface area contributed by atoms with E-state index < -0.39 is 53.0 Å². The van der Waals surface area contributed by atoms with Crippen molar-refractivity contribution in [2.75, 3.05) is 12.0 Å². The number of halogens is 2. The van der Waals surface area contributed by atoms with Crippen LogP contribution in [0.4, 0.5) is 5.69 Å². The molecule has 0 aromatic heterocycles. The smallest absolute Gasteiger partial charge is 0.335 e. The van der Waals surface area contributed by atoms with Crippen LogP contribution in [0.3, 0.4) is 0 Å². The first-order chi connectivity index (χ1) is 19.5. The number of allylic oxidation sites excluding steroid dienone is 6. The molecule has 9 nitrogen and oxygen atoms in total. The van der Waals surface area contributed by atoms with E-state index in [1.54, 1.807) is 12.1 Å². The van der Waals surface area contributed by atoms with Gasteiger partial charge < -0.3 is 14.9 Å². The van der Waals surface area contributed by atoms with Crippen molar-refractivity contribution in [2.45, 2.75) is 18.8 Å². The number of carboxylic acid groups (broad SMARTS) is 1. The van der Waals surface area contributed by atoms with Crippen molar-refractivity contribution < 1.29 is 38.9 Å². The number of aromatic carboxylic acids is 1. The molecule has 1 aliphatic heterocycles. The number of nitrogens with zero attached hydrogens (tertiary/aromatic N) is 1. The van der Waals surface area contributed by atoms with Crippen LogP contribution in [-0.4, -0.2) is 46.7 Å². The highest BCUT2D eigenvalue weighted by Gasteiger charge is 2.57. The fourth-order valence-electron chi connectivity index (χ4n) is 6.56. The van der Waals surface area contributed by atoms with Gasteiger partial charge >= 0.3 is 5.97 Å². The second-order valence-corrected chi connectivity index (χ2v) is 12.1. The van der Waals surface area contributed by atoms with Crippen molar-refractivity contribution in [3.8, 4) is 11.5 Å². The molecular weight excluding hydrogens is 662 g/mol. The summed E-state index contributed by atoms with van der Waals surface area (Å²) in [6.07, 6.45) is 3.30. The Hall–Kier alpha value is -3.83. The first-order valence-electron chi connectivity index (χ1n) is 12.7. The van der Waals surface area contributed by atoms with E-state index in [4.69, 9.17) is 4.74 Å². The number of methoxy groups -OCH3 is 1. The number of phenolic OH excluding ortho intramolecular Hbond substituents is 1. The summed E-state index contributed by atoms with van der Waals surface area (Å²) in [7, 11) is 1.40. The number of fused-ring (bicyclic) bond motifs is 3. The van der Waals surface area contributed by atoms with Crippen molar-refractivity contribution in [1.29, 1.82) is 0 Å². The molecule has 3 aliphatic carbocycles. The van der Waals surface area contributed by atoms with Gasteiger partial charge in [0.05, 0.1) is 34.7 Å². The van der Waals surface area contributed by atoms with Crippen LogP contribution in [0.1, 0.15) is 34.7 Å². The number of amides is 2. The average Bonchev–Trinajstić information content (AvgIpc) is 3.21. The quantitative estimate of drug-likeness (QED) is 0.266. The van der Waals surface area contributed by atoms with Crippen LogP contribution >= 0.6 is 31.9 Å². The zero-order chi connectivity index (χ0) is 29.3. The number of phenols is 1. The lowest BCUT2D eigenvalue weighted by Crippen LogP contribution is -2.39. The maximum absolute atomic E-state index is 14.0. The van der Waals surface area contributed by atoms with Crippen molar-refractivity contribution >= 4 is 66.9 Å². The van der Waals surface area contributed by atoms with Crippen LogP contribution in [0, 0.1) is 17.8 Å². The third-order valence-electron chi connectivity index (χ3n) is 8.28. The molecule has 6 rings (SSSR count). The van der Waals surface area contributed by atoms with Crippen LogP contribution in [-0.2, 0) is 19.2 Å². The number of imide groups is 1. The summed E-state index contributed by atoms with van der Waals surface area (Å²) in [5, 5.41) is 20.6. The average molecular weight is 683 g/mol. The Morgan fingerprint density at radius 1 is 1.05 bits per heavy atom. The summed E-state index contributed by atoms with van der Waals surface area (Å²) in [4.78, 5) is 67.0. The molecule has 4 atom stereocenters. The minimum Gasteiger partial charge on any atom is -0.504 e. The number of carboxylic acids is 1. The lowest BCUT2D eigenvalue weighted by atomic mass is 9.59. The zero-order valence-electron chi connectivity index (χ0n) is 21.4. The van der Waals surface area contributed by atoms with Gasteiger partial charge in [0, 0.05) is 33.2 Å². The van der Waals surface area contributed by atoms with Crippen LogP contribution < -0.4 is 9.64 Å². The number of benzene rings is 2. The Bertz CT molecular complexity index is 1700. The minimum absolute atomic E-state index is 0.0558. The first-order valence-corrected chi connectivity index (χ1v) is 14.3. The molecule has 4 unspecified atom stereocenters. The summed E-state index contributed by atoms with van der Waals surface area (Å²) in [5.74, 6) is -6.03. The Kier molecular flexibility index (Phi) is 6.61. The molecule has 0 radical (unpaired) electrons. The van der Waals surface area contributed by atoms with Gasteiger partial charge in [-0.3, -0.25) is 24.1 Å². The molecule has 1 fully saturated rings. The summed E-state index contributed by atoms with van der Waals surface area (Å²) in [5.41, 5.74) is 1.53. The van der Waals surface area contributed by atoms with Crippen molar-refractivity contribution in [2.24, 2.45) is 17.8 Å². The van der Waals surface area contributed by atoms with Gasteiger partial charge in [0.2, 0.25) is 11.8 Å². The highest BCUT2D eigenvalue weighted by Crippen LogP contribution is 2.57. The number of Topliss-reactive ketones (excluding diaryl/α,β-unsaturated/α-hetero) is 1. The molecule has 2 aromatic carbocycles. The molecule has 2 N–H and O–H groups in total. The van der Waals surface area contributed by atoms with Gasteiger partial charge in [-0.15, -0.1) is 0 Å². The van der Waals surface area contributed by atoms with Crippen LogP contribution in [0.5, 0.6) is 11.5 Å². The minimum atomic E-state index is -1.19. The summed E-state index contributed by atoms with van der Waals surface area (Å²) in [6, 6.07) is 8.86. The van der Waals surface area contributed by atoms with Gasteiger partial charge in [-0.1, -0.05) is 33.6 Å². The molecule has 11 heteroatoms. The van der Waals surface area contributed by atoms with E-state index in [1.807, 2.05) is 6.08 Å². The maximum atomic E-state index is 14.0. The van der Waals surface area contributed by atoms with Gasteiger partial charge in [0.1, 0.15) is 0 Å². The van der Waals surface area contributed by atoms with E-state index in [1.165, 1.54) is 37.5 Å². The number of aromatic hydroxyl groups is 1. The van der Waals surface area contributed by atoms with Crippen LogP contribution in [0.2, 0.25) is 0 Å². The maximum Gasteiger partial charge on any atom is 0.335 e. The molecule has 1 heterocycles. The number of hydrogen-bond acceptors (Lipinski definition) is 7. The van der Waals surface area contributed by atoms with Gasteiger partial charge in [-0.05, 0) is 65.0 Å². The van der Waals surface area contributed by atoms with Crippen molar-refractivity contribution in [3.63, 3.8) is 0 Å². The molecule has 0 saturated carbocycles. The fourth-order valence-corrected chi connectivity index (χ4v) is 7.47. The monoisotopic (exact) mass is 681 g/mol. The molecule has 0 bridgehead atoms. The van der Waals surface area contributed by atoms with E-state index in [2.05, 4.69) is 31.9 Å². The second-order valence-electron chi connectivity index (χ2n) is 10.3. The Morgan fingerprint density at radius 3 is 2.51 bits per heavy atom. The lowest BCUT2D eigenvalue weighted by molar-refractivity contribution is -0.123. The molecule has 208 valence electrons. The number of hydrogen-bond donors (Lipinski definition) is 2. The second kappa shape index (κ2) is 9.92. The molecule has 4 aliphatic rings. The van der Waals surface area contributed by atoms with Gasteiger partial charge in [-0.25, -0.2) is 4.79 Å². The number of carbonyl (C=O) groups excluding carboxylic acids is 4. The molecule has 2 amide bonds. The van der Waals surface area contributed by atoms with Gasteiger partial charge in [0.25, 0.3) is 0 Å². The third-order valence-corrected chi connectivity index (χ3v) is 9.33. The molecule has 1 saturated heterocycles. The first kappa shape index (κ1) is 27.3. The SMILES string of the molecule is COc1cc(Br)cc(C2C3=CCC4C(=O)N(c5cccc(C(=O)O)c5)C(=O)C4C3CC3=C2C(=O)C=C(Br)C3=O)c1O. The zero-order valence-corrected chi connectivity index (χ0v) is 24.6. The summed E-state index contributed by atoms with van der Waals surface area (Å²) < 4.78 is 6.02. The van der Waals surface area contributed by atoms with E-state index in [9.17, 15) is 34.2 Å². The largest absolute Gasteiger partial charge is 0.504 e. The number of ether oxygens (including phenoxy) is 1. The molecule has 0 spiro atoms. The van der Waals surface area contributed by atoms with Gasteiger partial charge in [0.15, 0.2) is 23.1 Å². The number of anilines is 1. The van der Waals surface area contributed by atoms with E-state index in [-0.39, 0.29) is 51.2 Å². The highest BCUT2D eigenvalue weighted by molar-refractivity contribution is 9.12. The third kappa shape index (κ3) is 4.13. The van der Waals surface area contributed by atoms with E-state index in [0.717, 1.165) is 4.90 Å². The normalized spacial score (nSPS) is 25.4. The summed E-state index contributed by atoms with van der Waals surface area (Å²) >= 11 is 6.63. The number of ketones is 2. The molecule has 2 aromatic rings. The topological polar surface area (TPSA) is 138 Å². The lowest BCUT2D eigenvalue weighted by Gasteiger charge is -2.42. The van der Waals surface area contributed by atoms with Gasteiger partial charge in [-0.2, -0.15) is 0 Å². The van der Waals surface area contributed by atoms with Crippen LogP contribution in [0.25, 0.3) is 0 Å². The number of rotatable bonds is 4. The fraction of sp³-hybridized carbons (Fsp3) is 0.233. The Labute approximate surface area is 250 Å². The Balaban J connectivity index is 1.51. The number of carbonyl (C=O) groups is 5. The summed E-state index contributed by atoms with van der Waals surface area (Å²) in [6.45, 7) is 0. The predicted molar refractivity (Wildman–Crippen MR) is 153 cm³/mol. The van der Waals surface area contributed by atoms with E-state index in [0.29, 0.717) is 15.6 Å². The molecule has 41 heavy (non-hydrogen) atoms. The van der Waals surface area contributed by atoms with E-state index >= 15 is 0 Å². The Morgan fingerprint density at radius 2 is 1.80 bits per heavy atom. The van der Waals surface area contributed by atoms with Crippen molar-refractivity contribution in [1.82, 2.24) is 0 Å². The standard InChI is InChI=1S/C30H21Br2NO8/c1-41-22-9-13(31)8-18(27(22)36)23-15-5-6-16-24(17(15)10-19-25(23)21(34)11-20(32)26(19)35)29(38)33(28(16)37)14-4-2-3-12(7-14)30(39)40/h2-5,7-9,11,16-17,23-24,36H,6,10H2,1H3,(H,39,40). The molecular formula is C30H21Br2NO8. The predicted octanol–water partition coefficient (Wildman–Crippen LogP) is 4.83. The van der Waals surface area contributed by atoms with Crippen molar-refractivity contribution in [3.05, 3.63) is 85.4 Å².